The average Bonchev–Trinajstić information content (AvgIpc) is 3.35. The number of hydroxylamine groups is 1. The molecule has 0 heterocycles. The third-order valence-corrected chi connectivity index (χ3v) is 9.69. The second-order valence-electron chi connectivity index (χ2n) is 12.1. The average molecular weight is 706 g/mol. The first-order valence-corrected chi connectivity index (χ1v) is 18.3. The van der Waals surface area contributed by atoms with E-state index in [4.69, 9.17) is 20.0 Å². The highest BCUT2D eigenvalue weighted by Crippen LogP contribution is 2.44. The van der Waals surface area contributed by atoms with Gasteiger partial charge in [0.2, 0.25) is 11.8 Å². The number of amides is 4. The van der Waals surface area contributed by atoms with Crippen LogP contribution in [0.5, 0.6) is 0 Å². The minimum atomic E-state index is -1.28. The summed E-state index contributed by atoms with van der Waals surface area (Å²) in [7, 11) is 3.02. The first-order chi connectivity index (χ1) is 22.9. The van der Waals surface area contributed by atoms with E-state index in [1.165, 1.54) is 10.8 Å². The van der Waals surface area contributed by atoms with Gasteiger partial charge in [0.15, 0.2) is 6.61 Å². The molecule has 0 fully saturated rings. The number of carbonyl (C=O) groups excluding carboxylic acids is 4. The fraction of sp³-hybridized carbons (Fsp3) is 0.515. The fourth-order valence-corrected chi connectivity index (χ4v) is 6.91. The summed E-state index contributed by atoms with van der Waals surface area (Å²) in [6.45, 7) is 7.14. The predicted molar refractivity (Wildman–Crippen MR) is 187 cm³/mol. The highest BCUT2D eigenvalue weighted by Gasteiger charge is 2.30. The monoisotopic (exact) mass is 705 g/mol. The molecule has 1 unspecified atom stereocenters. The van der Waals surface area contributed by atoms with Crippen molar-refractivity contribution in [3.05, 3.63) is 59.7 Å². The summed E-state index contributed by atoms with van der Waals surface area (Å²) < 4.78 is 10.7. The van der Waals surface area contributed by atoms with Crippen molar-refractivity contribution in [1.82, 2.24) is 21.4 Å². The van der Waals surface area contributed by atoms with Gasteiger partial charge in [0.25, 0.3) is 0 Å². The number of hydrogen-bond donors (Lipinski definition) is 6. The zero-order chi connectivity index (χ0) is 35.1. The first-order valence-electron chi connectivity index (χ1n) is 15.9. The molecule has 0 spiro atoms. The van der Waals surface area contributed by atoms with Crippen LogP contribution in [0, 0.1) is 0 Å². The Morgan fingerprint density at radius 3 is 2.21 bits per heavy atom. The van der Waals surface area contributed by atoms with Gasteiger partial charge in [-0.25, -0.2) is 9.59 Å². The topological polar surface area (TPSA) is 190 Å². The molecule has 264 valence electrons. The fourth-order valence-electron chi connectivity index (χ4n) is 5.06. The molecule has 3 rings (SSSR count). The lowest BCUT2D eigenvalue weighted by molar-refractivity contribution is -0.127. The number of carbonyl (C=O) groups is 4. The van der Waals surface area contributed by atoms with Crippen LogP contribution in [0.15, 0.2) is 48.5 Å². The lowest BCUT2D eigenvalue weighted by atomic mass is 9.98. The van der Waals surface area contributed by atoms with Crippen LogP contribution in [-0.2, 0) is 23.9 Å². The van der Waals surface area contributed by atoms with Crippen molar-refractivity contribution < 1.29 is 38.6 Å². The van der Waals surface area contributed by atoms with Gasteiger partial charge in [-0.3, -0.25) is 19.7 Å². The third-order valence-electron chi connectivity index (χ3n) is 7.20. The van der Waals surface area contributed by atoms with E-state index in [0.717, 1.165) is 28.0 Å². The van der Waals surface area contributed by atoms with Crippen molar-refractivity contribution in [2.75, 3.05) is 31.3 Å². The number of benzene rings is 2. The smallest absolute Gasteiger partial charge is 0.431 e. The van der Waals surface area contributed by atoms with Crippen molar-refractivity contribution in [2.45, 2.75) is 76.8 Å². The lowest BCUT2D eigenvalue weighted by Crippen LogP contribution is -2.56. The maximum Gasteiger partial charge on any atom is 0.431 e. The zero-order valence-electron chi connectivity index (χ0n) is 27.8. The molecular weight excluding hydrogens is 659 g/mol. The molecule has 0 radical (unpaired) electrons. The van der Waals surface area contributed by atoms with Crippen LogP contribution in [0.3, 0.4) is 0 Å². The van der Waals surface area contributed by atoms with Crippen molar-refractivity contribution in [1.29, 1.82) is 0 Å². The molecule has 1 aliphatic rings. The van der Waals surface area contributed by atoms with Crippen LogP contribution in [0.4, 0.5) is 9.59 Å². The van der Waals surface area contributed by atoms with Gasteiger partial charge >= 0.3 is 12.2 Å². The maximum absolute atomic E-state index is 12.5. The van der Waals surface area contributed by atoms with Crippen molar-refractivity contribution in [2.24, 2.45) is 5.73 Å². The Morgan fingerprint density at radius 2 is 1.60 bits per heavy atom. The summed E-state index contributed by atoms with van der Waals surface area (Å²) in [6.07, 6.45) is -1.48. The Balaban J connectivity index is 1.38. The van der Waals surface area contributed by atoms with E-state index in [1.807, 2.05) is 55.5 Å². The molecule has 0 saturated heterocycles. The molecular formula is C33H47N5O8S2. The molecule has 0 aliphatic heterocycles. The summed E-state index contributed by atoms with van der Waals surface area (Å²) in [5, 5.41) is 19.0. The van der Waals surface area contributed by atoms with Gasteiger partial charge in [0.1, 0.15) is 18.4 Å². The molecule has 4 amide bonds. The molecule has 3 atom stereocenters. The number of nitrogens with one attached hydrogen (secondary N) is 4. The molecule has 2 aromatic rings. The number of hydrogen-bond acceptors (Lipinski definition) is 11. The summed E-state index contributed by atoms with van der Waals surface area (Å²) in [5.41, 5.74) is 11.3. The first kappa shape index (κ1) is 38.9. The van der Waals surface area contributed by atoms with Gasteiger partial charge in [0.05, 0.1) is 12.1 Å². The highest BCUT2D eigenvalue weighted by molar-refractivity contribution is 8.76. The van der Waals surface area contributed by atoms with Crippen LogP contribution >= 0.6 is 21.6 Å². The number of ether oxygens (including phenoxy) is 2. The van der Waals surface area contributed by atoms with E-state index in [2.05, 4.69) is 21.4 Å². The number of alkyl carbamates (subject to hydrolysis) is 1. The molecule has 0 saturated carbocycles. The molecule has 2 aromatic carbocycles. The third kappa shape index (κ3) is 12.8. The Hall–Kier alpha value is -3.50. The number of nitrogens with two attached hydrogens (primary N) is 1. The lowest BCUT2D eigenvalue weighted by Gasteiger charge is -2.29. The van der Waals surface area contributed by atoms with Crippen LogP contribution < -0.4 is 27.2 Å². The molecule has 15 heteroatoms. The Labute approximate surface area is 289 Å². The summed E-state index contributed by atoms with van der Waals surface area (Å²) in [4.78, 5) is 53.9. The van der Waals surface area contributed by atoms with Gasteiger partial charge in [-0.05, 0) is 62.3 Å². The molecule has 13 nitrogen and oxygen atoms in total. The summed E-state index contributed by atoms with van der Waals surface area (Å²) in [6, 6.07) is 14.4. The second kappa shape index (κ2) is 19.5. The minimum Gasteiger partial charge on any atom is -0.447 e. The maximum atomic E-state index is 12.5. The summed E-state index contributed by atoms with van der Waals surface area (Å²) >= 11 is 0. The quantitative estimate of drug-likeness (QED) is 0.0540. The van der Waals surface area contributed by atoms with E-state index in [-0.39, 0.29) is 19.1 Å². The van der Waals surface area contributed by atoms with E-state index in [0.29, 0.717) is 25.0 Å². The van der Waals surface area contributed by atoms with Crippen LogP contribution in [-0.4, -0.2) is 84.3 Å². The summed E-state index contributed by atoms with van der Waals surface area (Å²) in [5.74, 6) is 0.0158. The largest absolute Gasteiger partial charge is 0.447 e. The highest BCUT2D eigenvalue weighted by atomic mass is 33.1. The van der Waals surface area contributed by atoms with Gasteiger partial charge in [-0.2, -0.15) is 5.48 Å². The molecule has 1 aliphatic carbocycles. The Bertz CT molecular complexity index is 1330. The predicted octanol–water partition coefficient (Wildman–Crippen LogP) is 3.80. The molecule has 7 N–H and O–H groups in total. The number of primary amides is 1. The Kier molecular flexibility index (Phi) is 15.8. The number of unbranched alkanes of at least 4 members (excludes halogenated alkanes) is 1. The SMILES string of the molecule is CCSSC[C@H](NC(O)[C@H](CCCCNC(=O)CONC(=O)OCC1c2ccccc2-c2ccccc21)NC(=O)OC(C)(C)C)C(N)=O. The Morgan fingerprint density at radius 1 is 0.958 bits per heavy atom. The van der Waals surface area contributed by atoms with Crippen molar-refractivity contribution in [3.8, 4) is 11.1 Å². The van der Waals surface area contributed by atoms with Gasteiger partial charge in [-0.15, -0.1) is 0 Å². The van der Waals surface area contributed by atoms with Gasteiger partial charge in [-0.1, -0.05) is 77.0 Å². The van der Waals surface area contributed by atoms with Gasteiger partial charge < -0.3 is 30.9 Å². The van der Waals surface area contributed by atoms with E-state index in [1.54, 1.807) is 31.6 Å². The van der Waals surface area contributed by atoms with E-state index < -0.39 is 54.5 Å². The number of rotatable bonds is 19. The van der Waals surface area contributed by atoms with Crippen molar-refractivity contribution in [3.63, 3.8) is 0 Å². The number of aliphatic hydroxyl groups excluding tert-OH is 1. The standard InChI is InChI=1S/C33H47N5O8S2/c1-5-47-48-20-27(29(34)40)36-30(41)26(37-31(42)46-33(2,3)4)16-10-11-17-35-28(39)19-45-38-32(43)44-18-25-23-14-8-6-12-21(23)22-13-7-9-15-24(22)25/h6-9,12-15,25-27,30,36,41H,5,10-11,16-20H2,1-4H3,(H2,34,40)(H,35,39)(H,37,42)(H,38,43)/t26-,27-,30?/m0/s1. The minimum absolute atomic E-state index is 0.101. The molecule has 0 bridgehead atoms. The van der Waals surface area contributed by atoms with Crippen LogP contribution in [0.2, 0.25) is 0 Å². The van der Waals surface area contributed by atoms with Crippen molar-refractivity contribution >= 4 is 45.6 Å². The van der Waals surface area contributed by atoms with Crippen LogP contribution in [0.1, 0.15) is 64.0 Å². The van der Waals surface area contributed by atoms with Crippen LogP contribution in [0.25, 0.3) is 11.1 Å². The molecule has 0 aromatic heterocycles. The number of aliphatic hydroxyl groups is 1. The number of fused-ring (bicyclic) bond motifs is 3. The van der Waals surface area contributed by atoms with E-state index >= 15 is 0 Å². The second-order valence-corrected chi connectivity index (χ2v) is 14.9. The van der Waals surface area contributed by atoms with E-state index in [9.17, 15) is 24.3 Å². The van der Waals surface area contributed by atoms with Gasteiger partial charge in [0, 0.05) is 24.0 Å². The zero-order valence-corrected chi connectivity index (χ0v) is 29.4. The normalized spacial score (nSPS) is 14.2. The molecule has 48 heavy (non-hydrogen) atoms.